The van der Waals surface area contributed by atoms with Crippen molar-refractivity contribution in [2.75, 3.05) is 5.75 Å². The van der Waals surface area contributed by atoms with Gasteiger partial charge in [-0.15, -0.1) is 11.8 Å². The Hall–Kier alpha value is -0.770. The van der Waals surface area contributed by atoms with Crippen LogP contribution in [0.1, 0.15) is 26.7 Å². The maximum Gasteiger partial charge on any atom is 0.368 e. The molecule has 0 aromatic heterocycles. The second-order valence-corrected chi connectivity index (χ2v) is 3.79. The summed E-state index contributed by atoms with van der Waals surface area (Å²) < 4.78 is 0. The molecule has 0 N–H and O–H groups in total. The molecule has 0 aromatic carbocycles. The second-order valence-electron chi connectivity index (χ2n) is 2.81. The van der Waals surface area contributed by atoms with Crippen LogP contribution in [0.5, 0.6) is 0 Å². The van der Waals surface area contributed by atoms with Crippen molar-refractivity contribution in [1.29, 1.82) is 0 Å². The highest BCUT2D eigenvalue weighted by molar-refractivity contribution is 8.02. The van der Waals surface area contributed by atoms with Crippen LogP contribution in [0.4, 0.5) is 0 Å². The third-order valence-corrected chi connectivity index (χ3v) is 2.62. The van der Waals surface area contributed by atoms with Gasteiger partial charge in [-0.25, -0.2) is 4.79 Å². The van der Waals surface area contributed by atoms with Crippen molar-refractivity contribution >= 4 is 23.4 Å². The number of rotatable bonds is 4. The summed E-state index contributed by atoms with van der Waals surface area (Å²) in [5.74, 6) is 0.710. The van der Waals surface area contributed by atoms with Gasteiger partial charge in [0.15, 0.2) is 0 Å². The fraction of sp³-hybridized carbons (Fsp3) is 0.556. The average molecular weight is 199 g/mol. The van der Waals surface area contributed by atoms with E-state index in [1.54, 1.807) is 18.7 Å². The summed E-state index contributed by atoms with van der Waals surface area (Å²) in [4.78, 5) is 15.5. The van der Waals surface area contributed by atoms with E-state index in [9.17, 15) is 4.79 Å². The highest BCUT2D eigenvalue weighted by Crippen LogP contribution is 2.16. The molecule has 1 heterocycles. The minimum Gasteiger partial charge on any atom is -0.312 e. The zero-order valence-electron chi connectivity index (χ0n) is 7.87. The molecule has 1 aliphatic rings. The molecule has 1 aliphatic heterocycles. The van der Waals surface area contributed by atoms with Crippen molar-refractivity contribution in [3.63, 3.8) is 0 Å². The largest absolute Gasteiger partial charge is 0.368 e. The van der Waals surface area contributed by atoms with Gasteiger partial charge in [0.1, 0.15) is 0 Å². The Labute approximate surface area is 82.2 Å². The summed E-state index contributed by atoms with van der Waals surface area (Å²) in [6.45, 7) is 3.92. The quantitative estimate of drug-likeness (QED) is 0.396. The lowest BCUT2D eigenvalue weighted by molar-refractivity contribution is -0.136. The van der Waals surface area contributed by atoms with Crippen molar-refractivity contribution in [2.24, 2.45) is 5.16 Å². The Balaban J connectivity index is 2.41. The van der Waals surface area contributed by atoms with Crippen molar-refractivity contribution in [3.05, 3.63) is 11.0 Å². The number of unbranched alkanes of at least 4 members (excludes halogenated alkanes) is 1. The molecule has 4 heteroatoms. The lowest BCUT2D eigenvalue weighted by Gasteiger charge is -1.94. The summed E-state index contributed by atoms with van der Waals surface area (Å²) in [6.07, 6.45) is 2.34. The van der Waals surface area contributed by atoms with Gasteiger partial charge in [0.05, 0.1) is 11.3 Å². The van der Waals surface area contributed by atoms with Crippen LogP contribution in [0.15, 0.2) is 16.1 Å². The molecule has 0 bridgehead atoms. The SMILES string of the molecule is CCCCS/C=C1/C(=O)ON=C1C. The van der Waals surface area contributed by atoms with Crippen LogP contribution in [0, 0.1) is 0 Å². The number of hydrogen-bond acceptors (Lipinski definition) is 4. The molecule has 3 nitrogen and oxygen atoms in total. The van der Waals surface area contributed by atoms with Crippen molar-refractivity contribution < 1.29 is 9.63 Å². The molecular formula is C9H13NO2S. The molecule has 13 heavy (non-hydrogen) atoms. The van der Waals surface area contributed by atoms with Crippen molar-refractivity contribution in [1.82, 2.24) is 0 Å². The van der Waals surface area contributed by atoms with E-state index >= 15 is 0 Å². The van der Waals surface area contributed by atoms with Crippen LogP contribution in [-0.4, -0.2) is 17.4 Å². The first-order chi connectivity index (χ1) is 6.25. The lowest BCUT2D eigenvalue weighted by Crippen LogP contribution is -2.01. The summed E-state index contributed by atoms with van der Waals surface area (Å²) in [6, 6.07) is 0. The molecule has 72 valence electrons. The van der Waals surface area contributed by atoms with Gasteiger partial charge in [-0.05, 0) is 24.5 Å². The molecule has 0 radical (unpaired) electrons. The van der Waals surface area contributed by atoms with Crippen LogP contribution >= 0.6 is 11.8 Å². The molecule has 0 fully saturated rings. The van der Waals surface area contributed by atoms with Gasteiger partial charge >= 0.3 is 5.97 Å². The summed E-state index contributed by atoms with van der Waals surface area (Å²) >= 11 is 1.64. The van der Waals surface area contributed by atoms with Crippen molar-refractivity contribution in [3.8, 4) is 0 Å². The minimum atomic E-state index is -0.332. The number of nitrogens with zero attached hydrogens (tertiary/aromatic N) is 1. The molecule has 0 saturated heterocycles. The van der Waals surface area contributed by atoms with Crippen LogP contribution in [0.25, 0.3) is 0 Å². The van der Waals surface area contributed by atoms with E-state index in [0.717, 1.165) is 5.75 Å². The average Bonchev–Trinajstić information content (AvgIpc) is 2.42. The van der Waals surface area contributed by atoms with E-state index in [1.165, 1.54) is 12.8 Å². The summed E-state index contributed by atoms with van der Waals surface area (Å²) in [5, 5.41) is 5.42. The van der Waals surface area contributed by atoms with Crippen LogP contribution < -0.4 is 0 Å². The molecule has 0 atom stereocenters. The summed E-state index contributed by atoms with van der Waals surface area (Å²) in [7, 11) is 0. The van der Waals surface area contributed by atoms with E-state index in [0.29, 0.717) is 11.3 Å². The number of oxime groups is 1. The Morgan fingerprint density at radius 1 is 1.62 bits per heavy atom. The van der Waals surface area contributed by atoms with Crippen LogP contribution in [-0.2, 0) is 9.63 Å². The lowest BCUT2D eigenvalue weighted by atomic mass is 10.2. The normalized spacial score (nSPS) is 19.1. The topological polar surface area (TPSA) is 38.7 Å². The van der Waals surface area contributed by atoms with Gasteiger partial charge in [0.25, 0.3) is 0 Å². The van der Waals surface area contributed by atoms with E-state index in [4.69, 9.17) is 0 Å². The molecule has 0 aliphatic carbocycles. The molecule has 0 saturated carbocycles. The first kappa shape index (κ1) is 10.3. The van der Waals surface area contributed by atoms with E-state index in [1.807, 2.05) is 5.41 Å². The molecular weight excluding hydrogens is 186 g/mol. The highest BCUT2D eigenvalue weighted by Gasteiger charge is 2.21. The van der Waals surface area contributed by atoms with Crippen LogP contribution in [0.3, 0.4) is 0 Å². The first-order valence-electron chi connectivity index (χ1n) is 4.33. The Kier molecular flexibility index (Phi) is 4.02. The number of thioether (sulfide) groups is 1. The fourth-order valence-electron chi connectivity index (χ4n) is 0.859. The van der Waals surface area contributed by atoms with E-state index < -0.39 is 0 Å². The molecule has 0 unspecified atom stereocenters. The highest BCUT2D eigenvalue weighted by atomic mass is 32.2. The third kappa shape index (κ3) is 2.88. The Morgan fingerprint density at radius 2 is 2.38 bits per heavy atom. The number of carbonyl (C=O) groups excluding carboxylic acids is 1. The van der Waals surface area contributed by atoms with Gasteiger partial charge in [0.2, 0.25) is 0 Å². The maximum atomic E-state index is 11.0. The smallest absolute Gasteiger partial charge is 0.312 e. The second kappa shape index (κ2) is 5.07. The number of hydrogen-bond donors (Lipinski definition) is 0. The van der Waals surface area contributed by atoms with Crippen LogP contribution in [0.2, 0.25) is 0 Å². The van der Waals surface area contributed by atoms with Gasteiger partial charge in [0, 0.05) is 0 Å². The van der Waals surface area contributed by atoms with E-state index in [2.05, 4.69) is 16.9 Å². The Morgan fingerprint density at radius 3 is 2.92 bits per heavy atom. The van der Waals surface area contributed by atoms with Crippen molar-refractivity contribution in [2.45, 2.75) is 26.7 Å². The number of carbonyl (C=O) groups is 1. The fourth-order valence-corrected chi connectivity index (χ4v) is 1.87. The monoisotopic (exact) mass is 199 g/mol. The zero-order chi connectivity index (χ0) is 9.68. The first-order valence-corrected chi connectivity index (χ1v) is 5.38. The summed E-state index contributed by atoms with van der Waals surface area (Å²) in [5.41, 5.74) is 1.27. The minimum absolute atomic E-state index is 0.332. The van der Waals surface area contributed by atoms with Gasteiger partial charge in [-0.2, -0.15) is 0 Å². The third-order valence-electron chi connectivity index (χ3n) is 1.69. The van der Waals surface area contributed by atoms with Gasteiger partial charge < -0.3 is 4.84 Å². The molecule has 0 aromatic rings. The predicted octanol–water partition coefficient (Wildman–Crippen LogP) is 2.34. The predicted molar refractivity (Wildman–Crippen MR) is 54.7 cm³/mol. The molecule has 0 spiro atoms. The Bertz CT molecular complexity index is 258. The van der Waals surface area contributed by atoms with Gasteiger partial charge in [-0.3, -0.25) is 0 Å². The molecule has 0 amide bonds. The van der Waals surface area contributed by atoms with Gasteiger partial charge in [-0.1, -0.05) is 18.5 Å². The zero-order valence-corrected chi connectivity index (χ0v) is 8.69. The maximum absolute atomic E-state index is 11.0. The molecule has 1 rings (SSSR count). The standard InChI is InChI=1S/C9H13NO2S/c1-3-4-5-13-6-8-7(2)10-12-9(8)11/h6H,3-5H2,1-2H3/b8-6+. The van der Waals surface area contributed by atoms with E-state index in [-0.39, 0.29) is 5.97 Å².